The summed E-state index contributed by atoms with van der Waals surface area (Å²) in [6, 6.07) is 25.2. The van der Waals surface area contributed by atoms with Gasteiger partial charge in [0.25, 0.3) is 0 Å². The zero-order valence-corrected chi connectivity index (χ0v) is 25.9. The molecule has 0 heterocycles. The molecule has 0 aliphatic heterocycles. The van der Waals surface area contributed by atoms with Gasteiger partial charge in [-0.3, -0.25) is 0 Å². The largest absolute Gasteiger partial charge is 0.0806 e. The molecule has 0 N–H and O–H groups in total. The maximum absolute atomic E-state index is 2.54. The van der Waals surface area contributed by atoms with Crippen LogP contribution >= 0.6 is 0 Å². The number of hydrogen-bond donors (Lipinski definition) is 0. The Bertz CT molecular complexity index is 924. The first-order chi connectivity index (χ1) is 16.3. The van der Waals surface area contributed by atoms with Crippen LogP contribution in [0, 0.1) is 10.8 Å². The van der Waals surface area contributed by atoms with Gasteiger partial charge in [0.05, 0.1) is 16.1 Å². The fourth-order valence-corrected chi connectivity index (χ4v) is 10.7. The predicted molar refractivity (Wildman–Crippen MR) is 164 cm³/mol. The smallest absolute Gasteiger partial charge is 0.0654 e. The second kappa shape index (κ2) is 11.2. The molecule has 2 aromatic carbocycles. The minimum Gasteiger partial charge on any atom is -0.0654 e. The SMILES string of the molecule is CC(C)(CCC[Si](C)(C)c1ccccc1)C1=CC=C(C(C)(C)CCC[Si](C)(C)c2ccccc2)C1. The van der Waals surface area contributed by atoms with E-state index in [0.717, 1.165) is 0 Å². The Morgan fingerprint density at radius 1 is 0.571 bits per heavy atom. The van der Waals surface area contributed by atoms with Crippen LogP contribution in [0.4, 0.5) is 0 Å². The standard InChI is InChI=1S/C33H50Si2/c1-32(2,23-15-25-34(5,6)30-17-11-9-12-18-30)28-21-22-29(27-28)33(3,4)24-16-26-35(7,8)31-19-13-10-14-20-31/h9-14,17-22H,15-16,23-27H2,1-8H3. The van der Waals surface area contributed by atoms with Gasteiger partial charge in [0, 0.05) is 0 Å². The second-order valence-electron chi connectivity index (χ2n) is 13.5. The first-order valence-corrected chi connectivity index (χ1v) is 20.3. The third-order valence-electron chi connectivity index (χ3n) is 8.92. The number of allylic oxidation sites excluding steroid dienone is 4. The van der Waals surface area contributed by atoms with Gasteiger partial charge in [-0.2, -0.15) is 0 Å². The third-order valence-corrected chi connectivity index (χ3v) is 15.9. The van der Waals surface area contributed by atoms with E-state index in [4.69, 9.17) is 0 Å². The molecule has 0 bridgehead atoms. The van der Waals surface area contributed by atoms with E-state index >= 15 is 0 Å². The summed E-state index contributed by atoms with van der Waals surface area (Å²) < 4.78 is 0. The van der Waals surface area contributed by atoms with Crippen molar-refractivity contribution in [2.45, 2.75) is 98.1 Å². The molecule has 190 valence electrons. The van der Waals surface area contributed by atoms with E-state index in [1.807, 2.05) is 0 Å². The van der Waals surface area contributed by atoms with Crippen molar-refractivity contribution < 1.29 is 0 Å². The first-order valence-electron chi connectivity index (χ1n) is 13.9. The van der Waals surface area contributed by atoms with E-state index in [1.54, 1.807) is 21.5 Å². The summed E-state index contributed by atoms with van der Waals surface area (Å²) in [6.45, 7) is 20.1. The first kappa shape index (κ1) is 27.9. The van der Waals surface area contributed by atoms with Crippen molar-refractivity contribution in [3.63, 3.8) is 0 Å². The molecule has 2 heteroatoms. The lowest BCUT2D eigenvalue weighted by Crippen LogP contribution is -2.41. The molecule has 0 fully saturated rings. The lowest BCUT2D eigenvalue weighted by atomic mass is 9.74. The third kappa shape index (κ3) is 7.43. The molecular weight excluding hydrogens is 453 g/mol. The van der Waals surface area contributed by atoms with E-state index in [0.29, 0.717) is 0 Å². The van der Waals surface area contributed by atoms with Crippen molar-refractivity contribution in [3.05, 3.63) is 84.0 Å². The van der Waals surface area contributed by atoms with Gasteiger partial charge in [0.2, 0.25) is 0 Å². The highest BCUT2D eigenvalue weighted by atomic mass is 28.3. The van der Waals surface area contributed by atoms with E-state index in [1.165, 1.54) is 44.2 Å². The van der Waals surface area contributed by atoms with E-state index in [-0.39, 0.29) is 10.8 Å². The van der Waals surface area contributed by atoms with Gasteiger partial charge < -0.3 is 0 Å². The zero-order valence-electron chi connectivity index (χ0n) is 23.9. The molecule has 0 aromatic heterocycles. The van der Waals surface area contributed by atoms with Crippen LogP contribution in [-0.4, -0.2) is 16.1 Å². The van der Waals surface area contributed by atoms with Crippen LogP contribution in [0.25, 0.3) is 0 Å². The molecule has 1 aliphatic rings. The van der Waals surface area contributed by atoms with Crippen molar-refractivity contribution in [2.75, 3.05) is 0 Å². The maximum Gasteiger partial charge on any atom is 0.0806 e. The van der Waals surface area contributed by atoms with E-state index < -0.39 is 16.1 Å². The van der Waals surface area contributed by atoms with Gasteiger partial charge in [-0.05, 0) is 30.1 Å². The molecule has 0 atom stereocenters. The monoisotopic (exact) mass is 502 g/mol. The van der Waals surface area contributed by atoms with Crippen molar-refractivity contribution in [1.29, 1.82) is 0 Å². The molecule has 0 unspecified atom stereocenters. The van der Waals surface area contributed by atoms with E-state index in [2.05, 4.69) is 127 Å². The van der Waals surface area contributed by atoms with Crippen molar-refractivity contribution in [3.8, 4) is 0 Å². The molecule has 0 spiro atoms. The summed E-state index contributed by atoms with van der Waals surface area (Å²) in [6.07, 6.45) is 11.4. The second-order valence-corrected chi connectivity index (χ2v) is 23.2. The molecule has 35 heavy (non-hydrogen) atoms. The van der Waals surface area contributed by atoms with Gasteiger partial charge in [0.1, 0.15) is 0 Å². The lowest BCUT2D eigenvalue weighted by Gasteiger charge is -2.33. The summed E-state index contributed by atoms with van der Waals surface area (Å²) in [4.78, 5) is 0. The quantitative estimate of drug-likeness (QED) is 0.254. The van der Waals surface area contributed by atoms with Crippen LogP contribution in [0.1, 0.15) is 59.8 Å². The van der Waals surface area contributed by atoms with Gasteiger partial charge in [-0.25, -0.2) is 0 Å². The Kier molecular flexibility index (Phi) is 8.92. The number of hydrogen-bond acceptors (Lipinski definition) is 0. The maximum atomic E-state index is 2.54. The molecule has 0 saturated carbocycles. The van der Waals surface area contributed by atoms with Crippen LogP contribution in [-0.2, 0) is 0 Å². The average Bonchev–Trinajstić information content (AvgIpc) is 3.32. The number of benzene rings is 2. The van der Waals surface area contributed by atoms with Crippen molar-refractivity contribution in [2.24, 2.45) is 10.8 Å². The Balaban J connectivity index is 1.49. The highest BCUT2D eigenvalue weighted by Gasteiger charge is 2.33. The number of rotatable bonds is 12. The van der Waals surface area contributed by atoms with Crippen LogP contribution in [0.2, 0.25) is 38.3 Å². The summed E-state index contributed by atoms with van der Waals surface area (Å²) in [5.41, 5.74) is 3.88. The van der Waals surface area contributed by atoms with Crippen LogP contribution in [0.5, 0.6) is 0 Å². The average molecular weight is 503 g/mol. The van der Waals surface area contributed by atoms with Crippen molar-refractivity contribution in [1.82, 2.24) is 0 Å². The summed E-state index contributed by atoms with van der Waals surface area (Å²) in [7, 11) is -2.69. The molecule has 0 radical (unpaired) electrons. The molecule has 1 aliphatic carbocycles. The van der Waals surface area contributed by atoms with Crippen LogP contribution in [0.15, 0.2) is 84.0 Å². The zero-order chi connectivity index (χ0) is 25.7. The topological polar surface area (TPSA) is 0 Å². The minimum atomic E-state index is -1.35. The Hall–Kier alpha value is -1.65. The Labute approximate surface area is 219 Å². The van der Waals surface area contributed by atoms with E-state index in [9.17, 15) is 0 Å². The lowest BCUT2D eigenvalue weighted by molar-refractivity contribution is 0.368. The fraction of sp³-hybridized carbons (Fsp3) is 0.515. The predicted octanol–water partition coefficient (Wildman–Crippen LogP) is 9.09. The highest BCUT2D eigenvalue weighted by molar-refractivity contribution is 6.90. The fourth-order valence-electron chi connectivity index (χ4n) is 5.79. The normalized spacial score (nSPS) is 15.2. The molecule has 3 rings (SSSR count). The Morgan fingerprint density at radius 3 is 1.26 bits per heavy atom. The molecule has 0 saturated heterocycles. The van der Waals surface area contributed by atoms with Gasteiger partial charge in [0.15, 0.2) is 0 Å². The summed E-state index contributed by atoms with van der Waals surface area (Å²) >= 11 is 0. The molecule has 0 nitrogen and oxygen atoms in total. The Morgan fingerprint density at radius 2 is 0.914 bits per heavy atom. The van der Waals surface area contributed by atoms with Crippen LogP contribution in [0.3, 0.4) is 0 Å². The molecule has 0 amide bonds. The van der Waals surface area contributed by atoms with Crippen molar-refractivity contribution >= 4 is 26.5 Å². The van der Waals surface area contributed by atoms with Gasteiger partial charge in [-0.15, -0.1) is 0 Å². The minimum absolute atomic E-state index is 0.289. The summed E-state index contributed by atoms with van der Waals surface area (Å²) in [5, 5.41) is 3.20. The highest BCUT2D eigenvalue weighted by Crippen LogP contribution is 2.45. The molecule has 2 aromatic rings. The molecular formula is C33H50Si2. The van der Waals surface area contributed by atoms with Gasteiger partial charge >= 0.3 is 0 Å². The van der Waals surface area contributed by atoms with Gasteiger partial charge in [-0.1, -0.05) is 173 Å². The van der Waals surface area contributed by atoms with Crippen LogP contribution < -0.4 is 10.4 Å². The summed E-state index contributed by atoms with van der Waals surface area (Å²) in [5.74, 6) is 0.